The molecule has 0 bridgehead atoms. The molecule has 0 amide bonds. The Kier molecular flexibility index (Phi) is 3.25. The van der Waals surface area contributed by atoms with Gasteiger partial charge in [0.1, 0.15) is 0 Å². The Morgan fingerprint density at radius 3 is 1.33 bits per heavy atom. The van der Waals surface area contributed by atoms with Crippen LogP contribution in [0.15, 0.2) is 0 Å². The molecular weight excluding hydrogens is 160 g/mol. The normalized spacial score (nSPS) is 19.0. The lowest BCUT2D eigenvalue weighted by atomic mass is 9.76. The Balaban J connectivity index is 4.70. The summed E-state index contributed by atoms with van der Waals surface area (Å²) in [6, 6.07) is 0. The predicted molar refractivity (Wildman–Crippen MR) is 44.0 cm³/mol. The summed E-state index contributed by atoms with van der Waals surface area (Å²) >= 11 is 0. The lowest BCUT2D eigenvalue weighted by Gasteiger charge is -2.38. The fourth-order valence-corrected chi connectivity index (χ4v) is 1.63. The SMILES string of the molecule is CC(O)C(C(C)(C)C)C(O)(O)O. The Bertz CT molecular complexity index is 126. The van der Waals surface area contributed by atoms with Gasteiger partial charge in [-0.15, -0.1) is 0 Å². The first-order chi connectivity index (χ1) is 5.07. The number of hydrogen-bond acceptors (Lipinski definition) is 4. The van der Waals surface area contributed by atoms with Gasteiger partial charge in [0.05, 0.1) is 12.0 Å². The zero-order valence-corrected chi connectivity index (χ0v) is 7.94. The smallest absolute Gasteiger partial charge is 0.281 e. The average molecular weight is 178 g/mol. The van der Waals surface area contributed by atoms with Gasteiger partial charge in [-0.25, -0.2) is 0 Å². The van der Waals surface area contributed by atoms with Gasteiger partial charge in [-0.2, -0.15) is 0 Å². The van der Waals surface area contributed by atoms with Crippen molar-refractivity contribution in [1.82, 2.24) is 0 Å². The second-order valence-corrected chi connectivity index (χ2v) is 4.27. The lowest BCUT2D eigenvalue weighted by molar-refractivity contribution is -0.367. The molecule has 0 aliphatic heterocycles. The van der Waals surface area contributed by atoms with E-state index in [0.717, 1.165) is 0 Å². The number of aliphatic hydroxyl groups excluding tert-OH is 1. The first-order valence-corrected chi connectivity index (χ1v) is 3.92. The maximum absolute atomic E-state index is 9.20. The molecule has 0 saturated carbocycles. The third kappa shape index (κ3) is 3.06. The van der Waals surface area contributed by atoms with Crippen molar-refractivity contribution in [3.05, 3.63) is 0 Å². The van der Waals surface area contributed by atoms with Gasteiger partial charge in [0, 0.05) is 0 Å². The molecule has 0 aliphatic carbocycles. The molecule has 0 aromatic carbocycles. The topological polar surface area (TPSA) is 80.9 Å². The van der Waals surface area contributed by atoms with E-state index in [2.05, 4.69) is 0 Å². The quantitative estimate of drug-likeness (QED) is 0.436. The molecule has 0 fully saturated rings. The van der Waals surface area contributed by atoms with E-state index in [9.17, 15) is 5.11 Å². The van der Waals surface area contributed by atoms with Crippen LogP contribution in [-0.4, -0.2) is 32.5 Å². The maximum Gasteiger partial charge on any atom is 0.281 e. The summed E-state index contributed by atoms with van der Waals surface area (Å²) in [6.45, 7) is 6.54. The highest BCUT2D eigenvalue weighted by Gasteiger charge is 2.44. The molecule has 74 valence electrons. The van der Waals surface area contributed by atoms with Crippen LogP contribution in [0.5, 0.6) is 0 Å². The summed E-state index contributed by atoms with van der Waals surface area (Å²) in [7, 11) is 0. The predicted octanol–water partition coefficient (Wildman–Crippen LogP) is -0.340. The number of rotatable bonds is 2. The molecule has 2 atom stereocenters. The van der Waals surface area contributed by atoms with Crippen molar-refractivity contribution in [2.45, 2.75) is 39.8 Å². The Labute approximate surface area is 72.5 Å². The van der Waals surface area contributed by atoms with E-state index >= 15 is 0 Å². The number of hydrogen-bond donors (Lipinski definition) is 4. The van der Waals surface area contributed by atoms with Crippen molar-refractivity contribution in [2.75, 3.05) is 0 Å². The zero-order chi connectivity index (χ0) is 10.2. The van der Waals surface area contributed by atoms with Gasteiger partial charge in [-0.05, 0) is 12.3 Å². The van der Waals surface area contributed by atoms with E-state index in [-0.39, 0.29) is 0 Å². The second kappa shape index (κ2) is 3.30. The van der Waals surface area contributed by atoms with Crippen molar-refractivity contribution in [3.8, 4) is 0 Å². The molecule has 0 spiro atoms. The van der Waals surface area contributed by atoms with Crippen molar-refractivity contribution < 1.29 is 20.4 Å². The summed E-state index contributed by atoms with van der Waals surface area (Å²) in [5.74, 6) is -3.82. The van der Waals surface area contributed by atoms with Gasteiger partial charge >= 0.3 is 0 Å². The van der Waals surface area contributed by atoms with Crippen LogP contribution in [0.1, 0.15) is 27.7 Å². The van der Waals surface area contributed by atoms with Gasteiger partial charge < -0.3 is 20.4 Å². The van der Waals surface area contributed by atoms with Crippen LogP contribution in [0.4, 0.5) is 0 Å². The van der Waals surface area contributed by atoms with E-state index in [1.807, 2.05) is 0 Å². The standard InChI is InChI=1S/C8H18O4/c1-5(9)6(7(2,3)4)8(10,11)12/h5-6,9-12H,1-4H3. The molecule has 4 heteroatoms. The van der Waals surface area contributed by atoms with Gasteiger partial charge in [-0.1, -0.05) is 20.8 Å². The average Bonchev–Trinajstić information content (AvgIpc) is 1.49. The van der Waals surface area contributed by atoms with E-state index in [1.165, 1.54) is 6.92 Å². The first kappa shape index (κ1) is 11.8. The largest absolute Gasteiger partial charge is 0.393 e. The van der Waals surface area contributed by atoms with Crippen molar-refractivity contribution in [2.24, 2.45) is 11.3 Å². The van der Waals surface area contributed by atoms with Gasteiger partial charge in [0.25, 0.3) is 5.97 Å². The minimum absolute atomic E-state index is 0.577. The van der Waals surface area contributed by atoms with Crippen LogP contribution < -0.4 is 0 Å². The van der Waals surface area contributed by atoms with Crippen LogP contribution in [0.3, 0.4) is 0 Å². The molecule has 0 rings (SSSR count). The summed E-state index contributed by atoms with van der Waals surface area (Å²) in [6.07, 6.45) is -0.981. The fraction of sp³-hybridized carbons (Fsp3) is 1.00. The molecule has 0 aliphatic rings. The highest BCUT2D eigenvalue weighted by molar-refractivity contribution is 4.82. The van der Waals surface area contributed by atoms with Crippen LogP contribution in [0.2, 0.25) is 0 Å². The van der Waals surface area contributed by atoms with E-state index in [0.29, 0.717) is 0 Å². The van der Waals surface area contributed by atoms with E-state index in [4.69, 9.17) is 15.3 Å². The second-order valence-electron chi connectivity index (χ2n) is 4.27. The van der Waals surface area contributed by atoms with Crippen molar-refractivity contribution in [3.63, 3.8) is 0 Å². The molecule has 0 heterocycles. The highest BCUT2D eigenvalue weighted by Crippen LogP contribution is 2.34. The molecule has 12 heavy (non-hydrogen) atoms. The Hall–Kier alpha value is -0.160. The molecule has 0 radical (unpaired) electrons. The molecule has 0 aromatic heterocycles. The van der Waals surface area contributed by atoms with Gasteiger partial charge in [0.2, 0.25) is 0 Å². The molecule has 0 saturated heterocycles. The monoisotopic (exact) mass is 178 g/mol. The third-order valence-electron chi connectivity index (χ3n) is 1.83. The number of aliphatic hydroxyl groups is 4. The van der Waals surface area contributed by atoms with Crippen molar-refractivity contribution >= 4 is 0 Å². The van der Waals surface area contributed by atoms with E-state index < -0.39 is 23.4 Å². The Morgan fingerprint density at radius 2 is 1.33 bits per heavy atom. The molecule has 4 nitrogen and oxygen atoms in total. The first-order valence-electron chi connectivity index (χ1n) is 3.92. The zero-order valence-electron chi connectivity index (χ0n) is 7.94. The van der Waals surface area contributed by atoms with Crippen LogP contribution in [0, 0.1) is 11.3 Å². The van der Waals surface area contributed by atoms with Gasteiger partial charge in [-0.3, -0.25) is 0 Å². The third-order valence-corrected chi connectivity index (χ3v) is 1.83. The highest BCUT2D eigenvalue weighted by atomic mass is 16.7. The lowest BCUT2D eigenvalue weighted by Crippen LogP contribution is -2.49. The Morgan fingerprint density at radius 1 is 1.00 bits per heavy atom. The van der Waals surface area contributed by atoms with Crippen molar-refractivity contribution in [1.29, 1.82) is 0 Å². The van der Waals surface area contributed by atoms with Crippen LogP contribution in [0.25, 0.3) is 0 Å². The van der Waals surface area contributed by atoms with E-state index in [1.54, 1.807) is 20.8 Å². The minimum atomic E-state index is -2.83. The molecule has 2 unspecified atom stereocenters. The molecule has 4 N–H and O–H groups in total. The van der Waals surface area contributed by atoms with Crippen LogP contribution in [-0.2, 0) is 0 Å². The minimum Gasteiger partial charge on any atom is -0.393 e. The summed E-state index contributed by atoms with van der Waals surface area (Å²) in [4.78, 5) is 0. The summed E-state index contributed by atoms with van der Waals surface area (Å²) < 4.78 is 0. The van der Waals surface area contributed by atoms with Gasteiger partial charge in [0.15, 0.2) is 0 Å². The molecule has 0 aromatic rings. The van der Waals surface area contributed by atoms with Crippen LogP contribution >= 0.6 is 0 Å². The molecular formula is C8H18O4. The summed E-state index contributed by atoms with van der Waals surface area (Å²) in [5.41, 5.74) is -0.577. The summed E-state index contributed by atoms with van der Waals surface area (Å²) in [5, 5.41) is 36.0. The maximum atomic E-state index is 9.20. The fourth-order valence-electron chi connectivity index (χ4n) is 1.63.